The molecule has 3 heteroatoms. The molecule has 11 heavy (non-hydrogen) atoms. The van der Waals surface area contributed by atoms with Gasteiger partial charge in [0.15, 0.2) is 0 Å². The molecule has 1 nitrogen and oxygen atoms in total. The molecular weight excluding hydrogens is 317 g/mol. The Morgan fingerprint density at radius 1 is 1.55 bits per heavy atom. The molecule has 0 heterocycles. The third-order valence-electron chi connectivity index (χ3n) is 1.55. The standard InChI is InChI=1S/C8H9BrIN/c1-5-2-6(4-11)7(9)3-8(5)10/h2-3H,4,11H2,1H3. The highest BCUT2D eigenvalue weighted by Crippen LogP contribution is 2.22. The van der Waals surface area contributed by atoms with E-state index < -0.39 is 0 Å². The average Bonchev–Trinajstić information content (AvgIpc) is 1.97. The zero-order chi connectivity index (χ0) is 8.43. The molecule has 60 valence electrons. The van der Waals surface area contributed by atoms with Gasteiger partial charge in [0.05, 0.1) is 0 Å². The number of hydrogen-bond acceptors (Lipinski definition) is 1. The number of halogens is 2. The Labute approximate surface area is 88.6 Å². The van der Waals surface area contributed by atoms with Crippen LogP contribution in [0.25, 0.3) is 0 Å². The van der Waals surface area contributed by atoms with Crippen molar-refractivity contribution in [2.75, 3.05) is 0 Å². The number of benzene rings is 1. The van der Waals surface area contributed by atoms with E-state index in [-0.39, 0.29) is 0 Å². The molecule has 0 spiro atoms. The van der Waals surface area contributed by atoms with Crippen molar-refractivity contribution in [1.29, 1.82) is 0 Å². The quantitative estimate of drug-likeness (QED) is 0.789. The molecule has 0 saturated carbocycles. The SMILES string of the molecule is Cc1cc(CN)c(Br)cc1I. The van der Waals surface area contributed by atoms with Crippen LogP contribution in [-0.4, -0.2) is 0 Å². The van der Waals surface area contributed by atoms with Gasteiger partial charge in [0.2, 0.25) is 0 Å². The Kier molecular flexibility index (Phi) is 3.33. The molecule has 0 aliphatic heterocycles. The van der Waals surface area contributed by atoms with Crippen LogP contribution in [-0.2, 0) is 6.54 Å². The lowest BCUT2D eigenvalue weighted by molar-refractivity contribution is 1.05. The minimum absolute atomic E-state index is 0.596. The van der Waals surface area contributed by atoms with Crippen molar-refractivity contribution in [3.63, 3.8) is 0 Å². The summed E-state index contributed by atoms with van der Waals surface area (Å²) in [6.45, 7) is 2.69. The summed E-state index contributed by atoms with van der Waals surface area (Å²) in [4.78, 5) is 0. The summed E-state index contributed by atoms with van der Waals surface area (Å²) in [6, 6.07) is 4.21. The second-order valence-corrected chi connectivity index (χ2v) is 4.41. The van der Waals surface area contributed by atoms with Gasteiger partial charge in [-0.2, -0.15) is 0 Å². The summed E-state index contributed by atoms with van der Waals surface area (Å²) in [7, 11) is 0. The Hall–Kier alpha value is 0.390. The highest BCUT2D eigenvalue weighted by molar-refractivity contribution is 14.1. The fourth-order valence-corrected chi connectivity index (χ4v) is 2.27. The van der Waals surface area contributed by atoms with Crippen LogP contribution in [0, 0.1) is 10.5 Å². The molecule has 0 bridgehead atoms. The molecule has 0 aliphatic rings. The Morgan fingerprint density at radius 3 is 2.73 bits per heavy atom. The summed E-state index contributed by atoms with van der Waals surface area (Å²) >= 11 is 5.77. The van der Waals surface area contributed by atoms with E-state index in [4.69, 9.17) is 5.73 Å². The molecular formula is C8H9BrIN. The van der Waals surface area contributed by atoms with E-state index in [2.05, 4.69) is 57.6 Å². The smallest absolute Gasteiger partial charge is 0.0230 e. The summed E-state index contributed by atoms with van der Waals surface area (Å²) in [5.41, 5.74) is 7.99. The minimum atomic E-state index is 0.596. The monoisotopic (exact) mass is 325 g/mol. The maximum absolute atomic E-state index is 5.54. The lowest BCUT2D eigenvalue weighted by Crippen LogP contribution is -1.98. The normalized spacial score (nSPS) is 10.2. The fourth-order valence-electron chi connectivity index (χ4n) is 0.873. The van der Waals surface area contributed by atoms with Crippen LogP contribution in [0.2, 0.25) is 0 Å². The van der Waals surface area contributed by atoms with Crippen LogP contribution in [0.4, 0.5) is 0 Å². The molecule has 1 rings (SSSR count). The first kappa shape index (κ1) is 9.48. The largest absolute Gasteiger partial charge is 0.326 e. The topological polar surface area (TPSA) is 26.0 Å². The van der Waals surface area contributed by atoms with Crippen LogP contribution < -0.4 is 5.73 Å². The number of nitrogens with two attached hydrogens (primary N) is 1. The van der Waals surface area contributed by atoms with Gasteiger partial charge in [0.1, 0.15) is 0 Å². The molecule has 0 amide bonds. The van der Waals surface area contributed by atoms with Crippen molar-refractivity contribution in [2.24, 2.45) is 5.73 Å². The molecule has 1 aromatic rings. The van der Waals surface area contributed by atoms with Crippen LogP contribution in [0.1, 0.15) is 11.1 Å². The van der Waals surface area contributed by atoms with E-state index >= 15 is 0 Å². The first-order chi connectivity index (χ1) is 5.15. The predicted molar refractivity (Wildman–Crippen MR) is 59.5 cm³/mol. The molecule has 0 aromatic heterocycles. The Balaban J connectivity index is 3.21. The van der Waals surface area contributed by atoms with Crippen molar-refractivity contribution in [1.82, 2.24) is 0 Å². The van der Waals surface area contributed by atoms with Crippen LogP contribution in [0.15, 0.2) is 16.6 Å². The minimum Gasteiger partial charge on any atom is -0.326 e. The van der Waals surface area contributed by atoms with Crippen LogP contribution in [0.5, 0.6) is 0 Å². The van der Waals surface area contributed by atoms with E-state index in [1.165, 1.54) is 14.7 Å². The average molecular weight is 326 g/mol. The van der Waals surface area contributed by atoms with Crippen molar-refractivity contribution >= 4 is 38.5 Å². The number of hydrogen-bond donors (Lipinski definition) is 1. The van der Waals surface area contributed by atoms with Crippen molar-refractivity contribution < 1.29 is 0 Å². The van der Waals surface area contributed by atoms with E-state index in [1.54, 1.807) is 0 Å². The Morgan fingerprint density at radius 2 is 2.18 bits per heavy atom. The predicted octanol–water partition coefficient (Wildman–Crippen LogP) is 2.82. The first-order valence-corrected chi connectivity index (χ1v) is 5.17. The summed E-state index contributed by atoms with van der Waals surface area (Å²) < 4.78 is 2.38. The van der Waals surface area contributed by atoms with Crippen LogP contribution in [0.3, 0.4) is 0 Å². The zero-order valence-corrected chi connectivity index (χ0v) is 9.94. The molecule has 2 N–H and O–H groups in total. The van der Waals surface area contributed by atoms with Gasteiger partial charge in [-0.05, 0) is 46.7 Å². The van der Waals surface area contributed by atoms with Crippen molar-refractivity contribution in [3.05, 3.63) is 31.3 Å². The maximum Gasteiger partial charge on any atom is 0.0230 e. The van der Waals surface area contributed by atoms with E-state index in [0.29, 0.717) is 6.54 Å². The van der Waals surface area contributed by atoms with Gasteiger partial charge in [-0.1, -0.05) is 22.0 Å². The molecule has 0 fully saturated rings. The van der Waals surface area contributed by atoms with E-state index in [9.17, 15) is 0 Å². The van der Waals surface area contributed by atoms with Gasteiger partial charge >= 0.3 is 0 Å². The summed E-state index contributed by atoms with van der Waals surface area (Å²) in [5.74, 6) is 0. The molecule has 0 radical (unpaired) electrons. The van der Waals surface area contributed by atoms with Crippen molar-refractivity contribution in [2.45, 2.75) is 13.5 Å². The third kappa shape index (κ3) is 2.16. The fraction of sp³-hybridized carbons (Fsp3) is 0.250. The molecule has 0 saturated heterocycles. The second-order valence-electron chi connectivity index (χ2n) is 2.40. The van der Waals surface area contributed by atoms with Gasteiger partial charge in [-0.15, -0.1) is 0 Å². The summed E-state index contributed by atoms with van der Waals surface area (Å²) in [5, 5.41) is 0. The van der Waals surface area contributed by atoms with Crippen LogP contribution >= 0.6 is 38.5 Å². The molecule has 1 aromatic carbocycles. The second kappa shape index (κ2) is 3.87. The van der Waals surface area contributed by atoms with Gasteiger partial charge < -0.3 is 5.73 Å². The van der Waals surface area contributed by atoms with Crippen molar-refractivity contribution in [3.8, 4) is 0 Å². The van der Waals surface area contributed by atoms with E-state index in [1.807, 2.05) is 0 Å². The summed E-state index contributed by atoms with van der Waals surface area (Å²) in [6.07, 6.45) is 0. The van der Waals surface area contributed by atoms with Gasteiger partial charge in [-0.25, -0.2) is 0 Å². The molecule has 0 unspecified atom stereocenters. The first-order valence-electron chi connectivity index (χ1n) is 3.29. The molecule has 0 atom stereocenters. The van der Waals surface area contributed by atoms with Gasteiger partial charge in [0, 0.05) is 14.6 Å². The highest BCUT2D eigenvalue weighted by Gasteiger charge is 2.00. The maximum atomic E-state index is 5.54. The third-order valence-corrected chi connectivity index (χ3v) is 3.45. The lowest BCUT2D eigenvalue weighted by atomic mass is 10.1. The number of rotatable bonds is 1. The number of aryl methyl sites for hydroxylation is 1. The van der Waals surface area contributed by atoms with E-state index in [0.717, 1.165) is 4.47 Å². The molecule has 0 aliphatic carbocycles. The highest BCUT2D eigenvalue weighted by atomic mass is 127. The zero-order valence-electron chi connectivity index (χ0n) is 6.20. The van der Waals surface area contributed by atoms with Gasteiger partial charge in [-0.3, -0.25) is 0 Å². The van der Waals surface area contributed by atoms with Gasteiger partial charge in [0.25, 0.3) is 0 Å². The lowest BCUT2D eigenvalue weighted by Gasteiger charge is -2.04. The Bertz CT molecular complexity index is 273.